The summed E-state index contributed by atoms with van der Waals surface area (Å²) in [6.07, 6.45) is 4.10. The summed E-state index contributed by atoms with van der Waals surface area (Å²) in [6, 6.07) is 25.7. The van der Waals surface area contributed by atoms with Crippen molar-refractivity contribution in [2.24, 2.45) is 5.92 Å². The first kappa shape index (κ1) is 23.3. The summed E-state index contributed by atoms with van der Waals surface area (Å²) < 4.78 is 22.8. The number of hydrogen-bond acceptors (Lipinski definition) is 3. The smallest absolute Gasteiger partial charge is 0.404 e. The van der Waals surface area contributed by atoms with Gasteiger partial charge in [-0.25, -0.2) is 4.57 Å². The standard InChI is InChI=1S/C26H31O4P/c1-3-5-9-21(4-2)20-29-31(27,28)30-26-18-16-25(17-19-26)24-14-12-23(13-15-24)22-10-7-6-8-11-22/h6-8,10-19,21H,3-5,9,20H2,1-2H3,(H,27,28). The van der Waals surface area contributed by atoms with Crippen LogP contribution in [0.15, 0.2) is 78.9 Å². The van der Waals surface area contributed by atoms with Gasteiger partial charge in [-0.3, -0.25) is 9.42 Å². The first-order valence-electron chi connectivity index (χ1n) is 10.9. The molecule has 0 aliphatic heterocycles. The fraction of sp³-hybridized carbons (Fsp3) is 0.308. The molecule has 0 aliphatic rings. The van der Waals surface area contributed by atoms with Crippen LogP contribution in [0.3, 0.4) is 0 Å². The van der Waals surface area contributed by atoms with Crippen molar-refractivity contribution in [1.29, 1.82) is 0 Å². The average molecular weight is 439 g/mol. The van der Waals surface area contributed by atoms with Gasteiger partial charge in [-0.1, -0.05) is 99.8 Å². The zero-order valence-corrected chi connectivity index (χ0v) is 19.1. The second-order valence-electron chi connectivity index (χ2n) is 7.74. The molecule has 4 nitrogen and oxygen atoms in total. The first-order chi connectivity index (χ1) is 15.0. The van der Waals surface area contributed by atoms with Crippen molar-refractivity contribution in [1.82, 2.24) is 0 Å². The fourth-order valence-electron chi connectivity index (χ4n) is 3.45. The summed E-state index contributed by atoms with van der Waals surface area (Å²) >= 11 is 0. The van der Waals surface area contributed by atoms with Gasteiger partial charge in [-0.05, 0) is 46.7 Å². The lowest BCUT2D eigenvalue weighted by Gasteiger charge is -2.18. The highest BCUT2D eigenvalue weighted by atomic mass is 31.2. The van der Waals surface area contributed by atoms with Crippen LogP contribution in [0.1, 0.15) is 39.5 Å². The van der Waals surface area contributed by atoms with Gasteiger partial charge < -0.3 is 4.52 Å². The van der Waals surface area contributed by atoms with Crippen molar-refractivity contribution in [2.45, 2.75) is 39.5 Å². The summed E-state index contributed by atoms with van der Waals surface area (Å²) in [4.78, 5) is 10.1. The van der Waals surface area contributed by atoms with E-state index in [1.54, 1.807) is 12.1 Å². The van der Waals surface area contributed by atoms with Gasteiger partial charge in [-0.15, -0.1) is 0 Å². The molecular formula is C26H31O4P. The molecule has 2 unspecified atom stereocenters. The molecule has 3 aromatic carbocycles. The van der Waals surface area contributed by atoms with Gasteiger partial charge in [0.05, 0.1) is 6.61 Å². The van der Waals surface area contributed by atoms with Crippen molar-refractivity contribution < 1.29 is 18.5 Å². The summed E-state index contributed by atoms with van der Waals surface area (Å²) in [7, 11) is -4.14. The summed E-state index contributed by atoms with van der Waals surface area (Å²) in [6.45, 7) is 4.43. The van der Waals surface area contributed by atoms with Crippen LogP contribution in [0.5, 0.6) is 5.75 Å². The van der Waals surface area contributed by atoms with Crippen LogP contribution in [0.2, 0.25) is 0 Å². The number of benzene rings is 3. The molecule has 0 radical (unpaired) electrons. The molecule has 2 atom stereocenters. The predicted molar refractivity (Wildman–Crippen MR) is 127 cm³/mol. The van der Waals surface area contributed by atoms with Crippen LogP contribution in [-0.4, -0.2) is 11.5 Å². The maximum absolute atomic E-state index is 12.3. The number of rotatable bonds is 11. The number of phosphoric acid groups is 1. The number of phosphoric ester groups is 1. The quantitative estimate of drug-likeness (QED) is 0.311. The molecule has 0 aromatic heterocycles. The van der Waals surface area contributed by atoms with Gasteiger partial charge in [-0.2, -0.15) is 0 Å². The van der Waals surface area contributed by atoms with Gasteiger partial charge in [0.1, 0.15) is 5.75 Å². The predicted octanol–water partition coefficient (Wildman–Crippen LogP) is 7.73. The molecule has 0 fully saturated rings. The minimum atomic E-state index is -4.14. The monoisotopic (exact) mass is 438 g/mol. The van der Waals surface area contributed by atoms with Crippen LogP contribution >= 0.6 is 7.82 Å². The second-order valence-corrected chi connectivity index (χ2v) is 9.12. The molecule has 164 valence electrons. The molecule has 0 amide bonds. The zero-order valence-electron chi connectivity index (χ0n) is 18.2. The van der Waals surface area contributed by atoms with Crippen molar-refractivity contribution in [3.05, 3.63) is 78.9 Å². The Labute approximate surface area is 185 Å². The molecule has 5 heteroatoms. The summed E-state index contributed by atoms with van der Waals surface area (Å²) in [5.41, 5.74) is 4.41. The Kier molecular flexibility index (Phi) is 8.48. The Balaban J connectivity index is 1.60. The van der Waals surface area contributed by atoms with Gasteiger partial charge in [0.2, 0.25) is 0 Å². The Hall–Kier alpha value is -2.39. The van der Waals surface area contributed by atoms with Gasteiger partial charge >= 0.3 is 7.82 Å². The SMILES string of the molecule is CCCCC(CC)COP(=O)(O)Oc1ccc(-c2ccc(-c3ccccc3)cc2)cc1. The van der Waals surface area contributed by atoms with Gasteiger partial charge in [0, 0.05) is 0 Å². The molecule has 1 N–H and O–H groups in total. The first-order valence-corrected chi connectivity index (χ1v) is 12.4. The van der Waals surface area contributed by atoms with Crippen molar-refractivity contribution in [3.8, 4) is 28.0 Å². The van der Waals surface area contributed by atoms with Crippen LogP contribution in [0.25, 0.3) is 22.3 Å². The Bertz CT molecular complexity index is 969. The normalized spacial score (nSPS) is 14.0. The largest absolute Gasteiger partial charge is 0.527 e. The molecule has 0 aliphatic carbocycles. The van der Waals surface area contributed by atoms with Crippen LogP contribution in [0.4, 0.5) is 0 Å². The van der Waals surface area contributed by atoms with Crippen molar-refractivity contribution >= 4 is 7.82 Å². The van der Waals surface area contributed by atoms with E-state index in [1.807, 2.05) is 30.3 Å². The highest BCUT2D eigenvalue weighted by molar-refractivity contribution is 7.47. The highest BCUT2D eigenvalue weighted by Gasteiger charge is 2.24. The summed E-state index contributed by atoms with van der Waals surface area (Å²) in [5.74, 6) is 0.586. The average Bonchev–Trinajstić information content (AvgIpc) is 2.80. The summed E-state index contributed by atoms with van der Waals surface area (Å²) in [5, 5.41) is 0. The van der Waals surface area contributed by atoms with Crippen LogP contribution in [-0.2, 0) is 9.09 Å². The second kappa shape index (κ2) is 11.3. The topological polar surface area (TPSA) is 55.8 Å². The maximum Gasteiger partial charge on any atom is 0.527 e. The molecule has 3 aromatic rings. The van der Waals surface area contributed by atoms with Crippen molar-refractivity contribution in [2.75, 3.05) is 6.61 Å². The Morgan fingerprint density at radius 1 is 0.806 bits per heavy atom. The highest BCUT2D eigenvalue weighted by Crippen LogP contribution is 2.44. The maximum atomic E-state index is 12.3. The molecule has 3 rings (SSSR count). The fourth-order valence-corrected chi connectivity index (χ4v) is 4.29. The molecule has 0 heterocycles. The molecule has 0 spiro atoms. The minimum absolute atomic E-state index is 0.232. The third-order valence-corrected chi connectivity index (χ3v) is 6.33. The molecule has 0 saturated heterocycles. The Morgan fingerprint density at radius 3 is 1.84 bits per heavy atom. The van der Waals surface area contributed by atoms with Crippen molar-refractivity contribution in [3.63, 3.8) is 0 Å². The lowest BCUT2D eigenvalue weighted by molar-refractivity contribution is 0.166. The molecule has 31 heavy (non-hydrogen) atoms. The van der Waals surface area contributed by atoms with Gasteiger partial charge in [0.25, 0.3) is 0 Å². The van der Waals surface area contributed by atoms with E-state index in [1.165, 1.54) is 5.56 Å². The molecule has 0 bridgehead atoms. The number of unbranched alkanes of at least 4 members (excludes halogenated alkanes) is 1. The van der Waals surface area contributed by atoms with E-state index < -0.39 is 7.82 Å². The van der Waals surface area contributed by atoms with E-state index in [9.17, 15) is 9.46 Å². The van der Waals surface area contributed by atoms with E-state index in [2.05, 4.69) is 50.2 Å². The van der Waals surface area contributed by atoms with E-state index in [4.69, 9.17) is 9.05 Å². The van der Waals surface area contributed by atoms with E-state index >= 15 is 0 Å². The Morgan fingerprint density at radius 2 is 1.32 bits per heavy atom. The third-order valence-electron chi connectivity index (χ3n) is 5.42. The van der Waals surface area contributed by atoms with E-state index in [-0.39, 0.29) is 12.5 Å². The zero-order chi connectivity index (χ0) is 22.1. The van der Waals surface area contributed by atoms with Crippen LogP contribution in [0, 0.1) is 5.92 Å². The minimum Gasteiger partial charge on any atom is -0.404 e. The molecular weight excluding hydrogens is 407 g/mol. The number of hydrogen-bond donors (Lipinski definition) is 1. The third kappa shape index (κ3) is 7.07. The van der Waals surface area contributed by atoms with E-state index in [0.29, 0.717) is 5.75 Å². The van der Waals surface area contributed by atoms with Crippen LogP contribution < -0.4 is 4.52 Å². The van der Waals surface area contributed by atoms with E-state index in [0.717, 1.165) is 42.4 Å². The molecule has 0 saturated carbocycles. The lowest BCUT2D eigenvalue weighted by atomic mass is 10.0. The lowest BCUT2D eigenvalue weighted by Crippen LogP contribution is -2.09. The van der Waals surface area contributed by atoms with Gasteiger partial charge in [0.15, 0.2) is 0 Å².